The van der Waals surface area contributed by atoms with E-state index in [4.69, 9.17) is 9.47 Å². The van der Waals surface area contributed by atoms with Crippen LogP contribution in [0.2, 0.25) is 0 Å². The first-order valence-electron chi connectivity index (χ1n) is 8.61. The monoisotopic (exact) mass is 357 g/mol. The van der Waals surface area contributed by atoms with E-state index in [-0.39, 0.29) is 24.3 Å². The minimum atomic E-state index is -0.506. The molecule has 0 amide bonds. The first kappa shape index (κ1) is 19.6. The van der Waals surface area contributed by atoms with Crippen LogP contribution in [0, 0.1) is 16.0 Å². The van der Waals surface area contributed by atoms with Gasteiger partial charge in [-0.2, -0.15) is 0 Å². The van der Waals surface area contributed by atoms with Gasteiger partial charge in [-0.3, -0.25) is 10.1 Å². The lowest BCUT2D eigenvalue weighted by Gasteiger charge is -2.24. The van der Waals surface area contributed by atoms with E-state index in [1.54, 1.807) is 0 Å². The summed E-state index contributed by atoms with van der Waals surface area (Å²) < 4.78 is 11.2. The van der Waals surface area contributed by atoms with Crippen molar-refractivity contribution in [2.24, 2.45) is 5.92 Å². The number of hydrogen-bond donors (Lipinski definition) is 0. The molecule has 0 aliphatic rings. The van der Waals surface area contributed by atoms with E-state index in [9.17, 15) is 14.9 Å². The Morgan fingerprint density at radius 1 is 1.12 bits per heavy atom. The molecule has 26 heavy (non-hydrogen) atoms. The molecule has 2 atom stereocenters. The standard InChI is InChI=1S/C20H23NO5/c1-3-25-19(16-7-5-4-6-8-16)15(2)13-14-26-20(22)17-9-11-18(12-10-17)21(23)24/h4-12,15,19H,3,13-14H2,1-2H3/t15-,19+/m1/s1. The number of carbonyl (C=O) groups excluding carboxylic acids is 1. The second-order valence-corrected chi connectivity index (χ2v) is 5.99. The molecule has 2 aromatic rings. The predicted octanol–water partition coefficient (Wildman–Crippen LogP) is 4.56. The molecule has 0 aromatic heterocycles. The molecule has 0 saturated carbocycles. The lowest BCUT2D eigenvalue weighted by Crippen LogP contribution is -2.17. The number of nitro benzene ring substituents is 1. The van der Waals surface area contributed by atoms with Crippen molar-refractivity contribution in [3.05, 3.63) is 75.8 Å². The second kappa shape index (κ2) is 9.68. The summed E-state index contributed by atoms with van der Waals surface area (Å²) in [7, 11) is 0. The SMILES string of the molecule is CCO[C@H](c1ccccc1)[C@H](C)CCOC(=O)c1ccc([N+](=O)[O-])cc1. The zero-order valence-corrected chi connectivity index (χ0v) is 15.0. The van der Waals surface area contributed by atoms with Crippen LogP contribution < -0.4 is 0 Å². The summed E-state index contributed by atoms with van der Waals surface area (Å²) in [4.78, 5) is 22.2. The highest BCUT2D eigenvalue weighted by Gasteiger charge is 2.20. The van der Waals surface area contributed by atoms with E-state index < -0.39 is 10.9 Å². The molecule has 0 unspecified atom stereocenters. The van der Waals surface area contributed by atoms with E-state index in [0.717, 1.165) is 5.56 Å². The summed E-state index contributed by atoms with van der Waals surface area (Å²) >= 11 is 0. The number of rotatable bonds is 9. The number of carbonyl (C=O) groups is 1. The molecule has 6 heteroatoms. The number of nitro groups is 1. The maximum absolute atomic E-state index is 12.0. The van der Waals surface area contributed by atoms with Crippen molar-refractivity contribution in [2.45, 2.75) is 26.4 Å². The van der Waals surface area contributed by atoms with Crippen molar-refractivity contribution >= 4 is 11.7 Å². The lowest BCUT2D eigenvalue weighted by atomic mass is 9.94. The Kier molecular flexibility index (Phi) is 7.29. The van der Waals surface area contributed by atoms with Gasteiger partial charge in [-0.15, -0.1) is 0 Å². The third-order valence-corrected chi connectivity index (χ3v) is 4.11. The van der Waals surface area contributed by atoms with Gasteiger partial charge in [0.2, 0.25) is 0 Å². The number of nitrogens with zero attached hydrogens (tertiary/aromatic N) is 1. The van der Waals surface area contributed by atoms with Crippen LogP contribution in [0.5, 0.6) is 0 Å². The van der Waals surface area contributed by atoms with Crippen molar-refractivity contribution in [1.29, 1.82) is 0 Å². The van der Waals surface area contributed by atoms with E-state index in [1.807, 2.05) is 37.3 Å². The highest BCUT2D eigenvalue weighted by atomic mass is 16.6. The maximum atomic E-state index is 12.0. The number of benzene rings is 2. The molecule has 2 rings (SSSR count). The molecule has 0 N–H and O–H groups in total. The summed E-state index contributed by atoms with van der Waals surface area (Å²) in [6.45, 7) is 4.88. The van der Waals surface area contributed by atoms with Crippen molar-refractivity contribution in [2.75, 3.05) is 13.2 Å². The van der Waals surface area contributed by atoms with E-state index in [2.05, 4.69) is 6.92 Å². The minimum absolute atomic E-state index is 0.0562. The van der Waals surface area contributed by atoms with Gasteiger partial charge in [-0.05, 0) is 37.0 Å². The van der Waals surface area contributed by atoms with Gasteiger partial charge in [-0.1, -0.05) is 37.3 Å². The summed E-state index contributed by atoms with van der Waals surface area (Å²) in [6, 6.07) is 15.3. The Balaban J connectivity index is 1.88. The van der Waals surface area contributed by atoms with Gasteiger partial charge in [0.05, 0.1) is 23.2 Å². The first-order chi connectivity index (χ1) is 12.5. The minimum Gasteiger partial charge on any atom is -0.462 e. The molecule has 0 fully saturated rings. The van der Waals surface area contributed by atoms with E-state index in [0.29, 0.717) is 18.6 Å². The third kappa shape index (κ3) is 5.39. The fourth-order valence-corrected chi connectivity index (χ4v) is 2.70. The average Bonchev–Trinajstić information content (AvgIpc) is 2.66. The number of esters is 1. The van der Waals surface area contributed by atoms with Crippen LogP contribution in [0.25, 0.3) is 0 Å². The quantitative estimate of drug-likeness (QED) is 0.373. The summed E-state index contributed by atoms with van der Waals surface area (Å²) in [5, 5.41) is 10.6. The maximum Gasteiger partial charge on any atom is 0.338 e. The molecule has 0 radical (unpaired) electrons. The van der Waals surface area contributed by atoms with Crippen molar-refractivity contribution in [1.82, 2.24) is 0 Å². The number of hydrogen-bond acceptors (Lipinski definition) is 5. The van der Waals surface area contributed by atoms with Crippen LogP contribution >= 0.6 is 0 Å². The zero-order valence-electron chi connectivity index (χ0n) is 15.0. The summed E-state index contributed by atoms with van der Waals surface area (Å²) in [6.07, 6.45) is 0.595. The van der Waals surface area contributed by atoms with Crippen LogP contribution in [0.4, 0.5) is 5.69 Å². The second-order valence-electron chi connectivity index (χ2n) is 5.99. The van der Waals surface area contributed by atoms with E-state index in [1.165, 1.54) is 24.3 Å². The molecule has 0 aliphatic heterocycles. The Bertz CT molecular complexity index is 715. The molecule has 6 nitrogen and oxygen atoms in total. The molecule has 138 valence electrons. The van der Waals surface area contributed by atoms with Gasteiger partial charge < -0.3 is 9.47 Å². The number of ether oxygens (including phenoxy) is 2. The fraction of sp³-hybridized carbons (Fsp3) is 0.350. The third-order valence-electron chi connectivity index (χ3n) is 4.11. The van der Waals surface area contributed by atoms with Gasteiger partial charge in [0, 0.05) is 18.7 Å². The van der Waals surface area contributed by atoms with Gasteiger partial charge in [0.25, 0.3) is 5.69 Å². The molecule has 0 heterocycles. The molecule has 0 bridgehead atoms. The van der Waals surface area contributed by atoms with Gasteiger partial charge in [-0.25, -0.2) is 4.79 Å². The Morgan fingerprint density at radius 3 is 2.35 bits per heavy atom. The van der Waals surface area contributed by atoms with Crippen LogP contribution in [0.1, 0.15) is 42.3 Å². The van der Waals surface area contributed by atoms with Gasteiger partial charge in [0.1, 0.15) is 0 Å². The highest BCUT2D eigenvalue weighted by molar-refractivity contribution is 5.89. The molecular weight excluding hydrogens is 334 g/mol. The lowest BCUT2D eigenvalue weighted by molar-refractivity contribution is -0.384. The Hall–Kier alpha value is -2.73. The predicted molar refractivity (Wildman–Crippen MR) is 98.0 cm³/mol. The van der Waals surface area contributed by atoms with E-state index >= 15 is 0 Å². The summed E-state index contributed by atoms with van der Waals surface area (Å²) in [5.74, 6) is -0.318. The van der Waals surface area contributed by atoms with Crippen LogP contribution in [0.3, 0.4) is 0 Å². The molecule has 0 aliphatic carbocycles. The fourth-order valence-electron chi connectivity index (χ4n) is 2.70. The van der Waals surface area contributed by atoms with Crippen molar-refractivity contribution in [3.63, 3.8) is 0 Å². The highest BCUT2D eigenvalue weighted by Crippen LogP contribution is 2.28. The normalized spacial score (nSPS) is 13.0. The summed E-state index contributed by atoms with van der Waals surface area (Å²) in [5.41, 5.74) is 1.34. The van der Waals surface area contributed by atoms with Crippen LogP contribution in [0.15, 0.2) is 54.6 Å². The van der Waals surface area contributed by atoms with Crippen molar-refractivity contribution in [3.8, 4) is 0 Å². The van der Waals surface area contributed by atoms with Gasteiger partial charge in [0.15, 0.2) is 0 Å². The number of non-ortho nitro benzene ring substituents is 1. The van der Waals surface area contributed by atoms with Gasteiger partial charge >= 0.3 is 5.97 Å². The smallest absolute Gasteiger partial charge is 0.338 e. The van der Waals surface area contributed by atoms with Crippen molar-refractivity contribution < 1.29 is 19.2 Å². The largest absolute Gasteiger partial charge is 0.462 e. The molecule has 2 aromatic carbocycles. The van der Waals surface area contributed by atoms with Crippen LogP contribution in [-0.2, 0) is 9.47 Å². The first-order valence-corrected chi connectivity index (χ1v) is 8.61. The Morgan fingerprint density at radius 2 is 1.77 bits per heavy atom. The molecule has 0 spiro atoms. The average molecular weight is 357 g/mol. The molecule has 0 saturated heterocycles. The Labute approximate surface area is 152 Å². The topological polar surface area (TPSA) is 78.7 Å². The molecular formula is C20H23NO5. The van der Waals surface area contributed by atoms with Crippen LogP contribution in [-0.4, -0.2) is 24.1 Å². The zero-order chi connectivity index (χ0) is 18.9.